The lowest BCUT2D eigenvalue weighted by Gasteiger charge is -2.35. The first-order valence-electron chi connectivity index (χ1n) is 7.63. The topological polar surface area (TPSA) is 44.9 Å². The van der Waals surface area contributed by atoms with E-state index in [4.69, 9.17) is 0 Å². The van der Waals surface area contributed by atoms with Gasteiger partial charge in [-0.2, -0.15) is 11.8 Å². The number of aromatic nitrogens is 1. The zero-order valence-corrected chi connectivity index (χ0v) is 13.3. The van der Waals surface area contributed by atoms with E-state index in [9.17, 15) is 4.79 Å². The summed E-state index contributed by atoms with van der Waals surface area (Å²) in [5.41, 5.74) is 1.75. The third-order valence-electron chi connectivity index (χ3n) is 4.59. The molecular formula is C17H22N2OS. The van der Waals surface area contributed by atoms with Crippen LogP contribution in [-0.2, 0) is 0 Å². The average molecular weight is 302 g/mol. The maximum atomic E-state index is 12.4. The molecule has 1 amide bonds. The fraction of sp³-hybridized carbons (Fsp3) is 0.471. The van der Waals surface area contributed by atoms with Crippen LogP contribution in [0.1, 0.15) is 42.5 Å². The van der Waals surface area contributed by atoms with Crippen molar-refractivity contribution in [1.82, 2.24) is 10.3 Å². The summed E-state index contributed by atoms with van der Waals surface area (Å²) >= 11 is 1.91. The third-order valence-corrected chi connectivity index (χ3v) is 6.00. The van der Waals surface area contributed by atoms with Crippen molar-refractivity contribution in [2.45, 2.75) is 36.9 Å². The van der Waals surface area contributed by atoms with Gasteiger partial charge in [0, 0.05) is 28.6 Å². The Labute approximate surface area is 129 Å². The molecule has 1 saturated carbocycles. The van der Waals surface area contributed by atoms with Crippen molar-refractivity contribution in [1.29, 1.82) is 0 Å². The van der Waals surface area contributed by atoms with Crippen LogP contribution in [0.4, 0.5) is 0 Å². The van der Waals surface area contributed by atoms with Gasteiger partial charge in [0.15, 0.2) is 0 Å². The minimum Gasteiger partial charge on any atom is -0.361 e. The highest BCUT2D eigenvalue weighted by Gasteiger charge is 2.31. The molecule has 2 N–H and O–H groups in total. The van der Waals surface area contributed by atoms with E-state index in [-0.39, 0.29) is 10.7 Å². The SMILES string of the molecule is CSC1(CNC(=O)c2ccc3cc[nH]c3c2)CCCCC1. The van der Waals surface area contributed by atoms with E-state index in [2.05, 4.69) is 16.6 Å². The van der Waals surface area contributed by atoms with Gasteiger partial charge in [-0.25, -0.2) is 0 Å². The van der Waals surface area contributed by atoms with Crippen LogP contribution >= 0.6 is 11.8 Å². The molecule has 0 unspecified atom stereocenters. The summed E-state index contributed by atoms with van der Waals surface area (Å²) < 4.78 is 0.241. The first-order chi connectivity index (χ1) is 10.2. The number of nitrogens with one attached hydrogen (secondary N) is 2. The van der Waals surface area contributed by atoms with Gasteiger partial charge < -0.3 is 10.3 Å². The summed E-state index contributed by atoms with van der Waals surface area (Å²) in [5, 5.41) is 4.28. The van der Waals surface area contributed by atoms with Crippen LogP contribution in [0.25, 0.3) is 10.9 Å². The van der Waals surface area contributed by atoms with Crippen LogP contribution in [-0.4, -0.2) is 28.4 Å². The lowest BCUT2D eigenvalue weighted by atomic mass is 9.88. The number of H-pyrrole nitrogens is 1. The Balaban J connectivity index is 1.67. The highest BCUT2D eigenvalue weighted by atomic mass is 32.2. The summed E-state index contributed by atoms with van der Waals surface area (Å²) in [4.78, 5) is 15.5. The molecular weight excluding hydrogens is 280 g/mol. The molecule has 1 aliphatic carbocycles. The van der Waals surface area contributed by atoms with Crippen LogP contribution in [0.3, 0.4) is 0 Å². The van der Waals surface area contributed by atoms with Gasteiger partial charge in [0.2, 0.25) is 0 Å². The molecule has 3 rings (SSSR count). The summed E-state index contributed by atoms with van der Waals surface area (Å²) in [6, 6.07) is 7.84. The number of carbonyl (C=O) groups excluding carboxylic acids is 1. The summed E-state index contributed by atoms with van der Waals surface area (Å²) in [5.74, 6) is 0.0329. The zero-order valence-electron chi connectivity index (χ0n) is 12.4. The fourth-order valence-electron chi connectivity index (χ4n) is 3.18. The van der Waals surface area contributed by atoms with Crippen LogP contribution in [0.15, 0.2) is 30.5 Å². The third kappa shape index (κ3) is 3.10. The predicted octanol–water partition coefficient (Wildman–Crippen LogP) is 3.96. The zero-order chi connectivity index (χ0) is 14.7. The largest absolute Gasteiger partial charge is 0.361 e. The second-order valence-corrected chi connectivity index (χ2v) is 7.18. The Morgan fingerprint density at radius 2 is 2.10 bits per heavy atom. The molecule has 1 aromatic heterocycles. The molecule has 0 bridgehead atoms. The van der Waals surface area contributed by atoms with Crippen molar-refractivity contribution in [2.24, 2.45) is 0 Å². The second kappa shape index (κ2) is 6.14. The molecule has 0 atom stereocenters. The standard InChI is InChI=1S/C17H22N2OS/c1-21-17(8-3-2-4-9-17)12-19-16(20)14-6-5-13-7-10-18-15(13)11-14/h5-7,10-11,18H,2-4,8-9,12H2,1H3,(H,19,20). The van der Waals surface area contributed by atoms with Gasteiger partial charge in [-0.05, 0) is 42.7 Å². The normalized spacial score (nSPS) is 17.8. The molecule has 4 heteroatoms. The van der Waals surface area contributed by atoms with Crippen molar-refractivity contribution in [3.63, 3.8) is 0 Å². The number of aromatic amines is 1. The Morgan fingerprint density at radius 1 is 1.29 bits per heavy atom. The van der Waals surface area contributed by atoms with Crippen molar-refractivity contribution < 1.29 is 4.79 Å². The first-order valence-corrected chi connectivity index (χ1v) is 8.85. The summed E-state index contributed by atoms with van der Waals surface area (Å²) in [6.45, 7) is 0.774. The van der Waals surface area contributed by atoms with Gasteiger partial charge in [0.1, 0.15) is 0 Å². The van der Waals surface area contributed by atoms with Crippen LogP contribution in [0.5, 0.6) is 0 Å². The summed E-state index contributed by atoms with van der Waals surface area (Å²) in [7, 11) is 0. The van der Waals surface area contributed by atoms with Crippen LogP contribution in [0, 0.1) is 0 Å². The molecule has 0 radical (unpaired) electrons. The summed E-state index contributed by atoms with van der Waals surface area (Å²) in [6.07, 6.45) is 10.4. The molecule has 0 saturated heterocycles. The molecule has 0 spiro atoms. The van der Waals surface area contributed by atoms with E-state index in [1.807, 2.05) is 42.2 Å². The molecule has 21 heavy (non-hydrogen) atoms. The molecule has 1 fully saturated rings. The van der Waals surface area contributed by atoms with Gasteiger partial charge in [0.05, 0.1) is 0 Å². The lowest BCUT2D eigenvalue weighted by molar-refractivity contribution is 0.0947. The van der Waals surface area contributed by atoms with E-state index < -0.39 is 0 Å². The first kappa shape index (κ1) is 14.5. The van der Waals surface area contributed by atoms with Crippen molar-refractivity contribution >= 4 is 28.6 Å². The quantitative estimate of drug-likeness (QED) is 0.898. The molecule has 1 aliphatic rings. The maximum Gasteiger partial charge on any atom is 0.251 e. The molecule has 1 aromatic carbocycles. The van der Waals surface area contributed by atoms with Gasteiger partial charge in [-0.1, -0.05) is 25.3 Å². The van der Waals surface area contributed by atoms with Gasteiger partial charge in [-0.15, -0.1) is 0 Å². The van der Waals surface area contributed by atoms with Crippen molar-refractivity contribution in [2.75, 3.05) is 12.8 Å². The van der Waals surface area contributed by atoms with Crippen molar-refractivity contribution in [3.05, 3.63) is 36.0 Å². The van der Waals surface area contributed by atoms with E-state index >= 15 is 0 Å². The Morgan fingerprint density at radius 3 is 2.86 bits per heavy atom. The number of thioether (sulfide) groups is 1. The highest BCUT2D eigenvalue weighted by molar-refractivity contribution is 8.00. The van der Waals surface area contributed by atoms with Gasteiger partial charge >= 0.3 is 0 Å². The molecule has 3 nitrogen and oxygen atoms in total. The molecule has 2 aromatic rings. The number of benzene rings is 1. The number of hydrogen-bond acceptors (Lipinski definition) is 2. The Kier molecular flexibility index (Phi) is 4.24. The van der Waals surface area contributed by atoms with E-state index in [1.54, 1.807) is 0 Å². The minimum atomic E-state index is 0.0329. The van der Waals surface area contributed by atoms with Gasteiger partial charge in [0.25, 0.3) is 5.91 Å². The predicted molar refractivity (Wildman–Crippen MR) is 90.0 cm³/mol. The molecule has 1 heterocycles. The number of fused-ring (bicyclic) bond motifs is 1. The average Bonchev–Trinajstić information content (AvgIpc) is 3.01. The van der Waals surface area contributed by atoms with E-state index in [0.717, 1.165) is 23.0 Å². The minimum absolute atomic E-state index is 0.0329. The van der Waals surface area contributed by atoms with Crippen LogP contribution < -0.4 is 5.32 Å². The second-order valence-electron chi connectivity index (χ2n) is 5.91. The fourth-order valence-corrected chi connectivity index (χ4v) is 4.10. The highest BCUT2D eigenvalue weighted by Crippen LogP contribution is 2.38. The molecule has 112 valence electrons. The van der Waals surface area contributed by atoms with E-state index in [0.29, 0.717) is 0 Å². The molecule has 0 aliphatic heterocycles. The number of rotatable bonds is 4. The number of hydrogen-bond donors (Lipinski definition) is 2. The smallest absolute Gasteiger partial charge is 0.251 e. The Hall–Kier alpha value is -1.42. The van der Waals surface area contributed by atoms with Gasteiger partial charge in [-0.3, -0.25) is 4.79 Å². The lowest BCUT2D eigenvalue weighted by Crippen LogP contribution is -2.41. The van der Waals surface area contributed by atoms with Crippen LogP contribution in [0.2, 0.25) is 0 Å². The van der Waals surface area contributed by atoms with E-state index in [1.165, 1.54) is 32.1 Å². The maximum absolute atomic E-state index is 12.4. The monoisotopic (exact) mass is 302 g/mol. The van der Waals surface area contributed by atoms with Crippen molar-refractivity contribution in [3.8, 4) is 0 Å². The Bertz CT molecular complexity index is 629. The number of carbonyl (C=O) groups is 1. The number of amides is 1.